The number of rotatable bonds is 1. The van der Waals surface area contributed by atoms with Crippen LogP contribution in [-0.4, -0.2) is 22.9 Å². The number of hydrogen-bond acceptors (Lipinski definition) is 1. The highest BCUT2D eigenvalue weighted by atomic mass is 16.2. The second-order valence-electron chi connectivity index (χ2n) is 7.08. The fourth-order valence-corrected chi connectivity index (χ4v) is 4.89. The first-order valence-corrected chi connectivity index (χ1v) is 8.94. The smallest absolute Gasteiger partial charge is 0.255 e. The maximum absolute atomic E-state index is 13.2. The van der Waals surface area contributed by atoms with Gasteiger partial charge in [-0.25, -0.2) is 0 Å². The molecule has 1 aliphatic carbocycles. The van der Waals surface area contributed by atoms with Crippen molar-refractivity contribution in [2.45, 2.75) is 63.3 Å². The zero-order valence-corrected chi connectivity index (χ0v) is 13.3. The topological polar surface area (TPSA) is 20.3 Å². The predicted octanol–water partition coefficient (Wildman–Crippen LogP) is 4.56. The van der Waals surface area contributed by atoms with Gasteiger partial charge in [0, 0.05) is 12.1 Å². The SMILES string of the molecule is O=C1C(c2ccccc2)=C2CCCCC23CCCCCCN13. The summed E-state index contributed by atoms with van der Waals surface area (Å²) in [7, 11) is 0. The molecule has 3 aliphatic rings. The number of carbonyl (C=O) groups excluding carboxylic acids is 1. The summed E-state index contributed by atoms with van der Waals surface area (Å²) in [6, 6.07) is 10.4. The quantitative estimate of drug-likeness (QED) is 0.744. The van der Waals surface area contributed by atoms with Gasteiger partial charge in [0.05, 0.1) is 5.54 Å². The van der Waals surface area contributed by atoms with E-state index in [-0.39, 0.29) is 5.54 Å². The van der Waals surface area contributed by atoms with Crippen molar-refractivity contribution >= 4 is 11.5 Å². The molecule has 1 aromatic carbocycles. The van der Waals surface area contributed by atoms with E-state index in [2.05, 4.69) is 29.2 Å². The van der Waals surface area contributed by atoms with E-state index in [4.69, 9.17) is 0 Å². The van der Waals surface area contributed by atoms with Gasteiger partial charge < -0.3 is 4.90 Å². The molecule has 1 spiro atoms. The van der Waals surface area contributed by atoms with Crippen LogP contribution in [0.4, 0.5) is 0 Å². The summed E-state index contributed by atoms with van der Waals surface area (Å²) in [5, 5.41) is 0. The van der Waals surface area contributed by atoms with Crippen molar-refractivity contribution < 1.29 is 4.79 Å². The molecule has 1 saturated carbocycles. The highest BCUT2D eigenvalue weighted by Gasteiger charge is 2.51. The fraction of sp³-hybridized carbons (Fsp3) is 0.550. The summed E-state index contributed by atoms with van der Waals surface area (Å²) in [5.74, 6) is 0.310. The van der Waals surface area contributed by atoms with Crippen LogP contribution in [-0.2, 0) is 4.79 Å². The average molecular weight is 295 g/mol. The molecule has 0 N–H and O–H groups in total. The van der Waals surface area contributed by atoms with Crippen molar-refractivity contribution in [3.8, 4) is 0 Å². The van der Waals surface area contributed by atoms with Gasteiger partial charge in [0.1, 0.15) is 0 Å². The first kappa shape index (κ1) is 14.0. The summed E-state index contributed by atoms with van der Waals surface area (Å²) in [6.45, 7) is 0.957. The summed E-state index contributed by atoms with van der Waals surface area (Å²) < 4.78 is 0. The van der Waals surface area contributed by atoms with E-state index in [1.54, 1.807) is 0 Å². The molecular formula is C20H25NO. The lowest BCUT2D eigenvalue weighted by molar-refractivity contribution is -0.129. The van der Waals surface area contributed by atoms with E-state index in [0.717, 1.165) is 24.1 Å². The van der Waals surface area contributed by atoms with Gasteiger partial charge in [-0.2, -0.15) is 0 Å². The van der Waals surface area contributed by atoms with Crippen LogP contribution >= 0.6 is 0 Å². The second kappa shape index (κ2) is 5.57. The van der Waals surface area contributed by atoms with Crippen LogP contribution in [0.3, 0.4) is 0 Å². The molecule has 2 fully saturated rings. The van der Waals surface area contributed by atoms with Crippen molar-refractivity contribution in [1.29, 1.82) is 0 Å². The molecule has 2 heterocycles. The number of hydrogen-bond donors (Lipinski definition) is 0. The van der Waals surface area contributed by atoms with Gasteiger partial charge in [-0.3, -0.25) is 4.79 Å². The van der Waals surface area contributed by atoms with Crippen LogP contribution in [0, 0.1) is 0 Å². The number of nitrogens with zero attached hydrogens (tertiary/aromatic N) is 1. The van der Waals surface area contributed by atoms with Crippen molar-refractivity contribution in [2.75, 3.05) is 6.54 Å². The maximum atomic E-state index is 13.2. The third-order valence-corrected chi connectivity index (χ3v) is 5.89. The third kappa shape index (κ3) is 2.04. The maximum Gasteiger partial charge on any atom is 0.255 e. The molecule has 22 heavy (non-hydrogen) atoms. The summed E-state index contributed by atoms with van der Waals surface area (Å²) in [6.07, 6.45) is 11.1. The normalized spacial score (nSPS) is 28.9. The Bertz CT molecular complexity index is 603. The minimum Gasteiger partial charge on any atom is -0.329 e. The van der Waals surface area contributed by atoms with Crippen molar-refractivity contribution in [3.05, 3.63) is 41.5 Å². The van der Waals surface area contributed by atoms with Crippen LogP contribution in [0.15, 0.2) is 35.9 Å². The molecule has 1 saturated heterocycles. The molecule has 1 amide bonds. The molecule has 0 bridgehead atoms. The molecule has 1 atom stereocenters. The van der Waals surface area contributed by atoms with Crippen molar-refractivity contribution in [1.82, 2.24) is 4.90 Å². The Morgan fingerprint density at radius 1 is 0.864 bits per heavy atom. The Hall–Kier alpha value is -1.57. The first-order chi connectivity index (χ1) is 10.8. The Kier molecular flexibility index (Phi) is 3.56. The summed E-state index contributed by atoms with van der Waals surface area (Å²) in [4.78, 5) is 15.5. The molecule has 116 valence electrons. The van der Waals surface area contributed by atoms with E-state index >= 15 is 0 Å². The average Bonchev–Trinajstić information content (AvgIpc) is 2.77. The fourth-order valence-electron chi connectivity index (χ4n) is 4.89. The molecule has 0 radical (unpaired) electrons. The molecule has 1 unspecified atom stereocenters. The van der Waals surface area contributed by atoms with Crippen LogP contribution in [0.1, 0.15) is 63.4 Å². The Morgan fingerprint density at radius 2 is 1.59 bits per heavy atom. The minimum atomic E-state index is 0.0704. The van der Waals surface area contributed by atoms with Gasteiger partial charge >= 0.3 is 0 Å². The number of benzene rings is 1. The van der Waals surface area contributed by atoms with Gasteiger partial charge in [0.25, 0.3) is 5.91 Å². The lowest BCUT2D eigenvalue weighted by atomic mass is 9.72. The van der Waals surface area contributed by atoms with Crippen LogP contribution in [0.25, 0.3) is 5.57 Å². The second-order valence-corrected chi connectivity index (χ2v) is 7.08. The van der Waals surface area contributed by atoms with E-state index in [9.17, 15) is 4.79 Å². The lowest BCUT2D eigenvalue weighted by Crippen LogP contribution is -2.50. The zero-order valence-electron chi connectivity index (χ0n) is 13.3. The molecule has 1 aromatic rings. The summed E-state index contributed by atoms with van der Waals surface area (Å²) in [5.41, 5.74) is 3.72. The van der Waals surface area contributed by atoms with Gasteiger partial charge in [-0.05, 0) is 43.2 Å². The largest absolute Gasteiger partial charge is 0.329 e. The van der Waals surface area contributed by atoms with Crippen molar-refractivity contribution in [2.24, 2.45) is 0 Å². The Morgan fingerprint density at radius 3 is 2.41 bits per heavy atom. The predicted molar refractivity (Wildman–Crippen MR) is 89.4 cm³/mol. The Balaban J connectivity index is 1.85. The molecule has 2 nitrogen and oxygen atoms in total. The van der Waals surface area contributed by atoms with Gasteiger partial charge in [0.15, 0.2) is 0 Å². The van der Waals surface area contributed by atoms with Crippen LogP contribution in [0.2, 0.25) is 0 Å². The lowest BCUT2D eigenvalue weighted by Gasteiger charge is -2.45. The standard InChI is InChI=1S/C20H25NO/c22-19-18(16-10-4-3-5-11-16)17-12-6-8-14-20(17)13-7-1-2-9-15-21(19)20/h3-5,10-11H,1-2,6-9,12-15H2. The first-order valence-electron chi connectivity index (χ1n) is 8.94. The molecule has 2 aliphatic heterocycles. The minimum absolute atomic E-state index is 0.0704. The third-order valence-electron chi connectivity index (χ3n) is 5.89. The number of carbonyl (C=O) groups is 1. The van der Waals surface area contributed by atoms with Gasteiger partial charge in [-0.15, -0.1) is 0 Å². The number of amides is 1. The highest BCUT2D eigenvalue weighted by Crippen LogP contribution is 2.51. The molecular weight excluding hydrogens is 270 g/mol. The molecule has 2 heteroatoms. The molecule has 4 rings (SSSR count). The van der Waals surface area contributed by atoms with E-state index in [1.165, 1.54) is 56.9 Å². The monoisotopic (exact) mass is 295 g/mol. The Labute approximate surface area is 133 Å². The highest BCUT2D eigenvalue weighted by molar-refractivity contribution is 6.23. The van der Waals surface area contributed by atoms with Gasteiger partial charge in [-0.1, -0.05) is 56.0 Å². The molecule has 0 aromatic heterocycles. The zero-order chi connectivity index (χ0) is 15.0. The van der Waals surface area contributed by atoms with Crippen LogP contribution < -0.4 is 0 Å². The van der Waals surface area contributed by atoms with Crippen LogP contribution in [0.5, 0.6) is 0 Å². The van der Waals surface area contributed by atoms with Gasteiger partial charge in [0.2, 0.25) is 0 Å². The van der Waals surface area contributed by atoms with Crippen molar-refractivity contribution in [3.63, 3.8) is 0 Å². The van der Waals surface area contributed by atoms with E-state index < -0.39 is 0 Å². The van der Waals surface area contributed by atoms with E-state index in [1.807, 2.05) is 6.07 Å². The summed E-state index contributed by atoms with van der Waals surface area (Å²) >= 11 is 0. The van der Waals surface area contributed by atoms with E-state index in [0.29, 0.717) is 5.91 Å².